The minimum atomic E-state index is -0.559. The topological polar surface area (TPSA) is 95.2 Å². The predicted molar refractivity (Wildman–Crippen MR) is 96.3 cm³/mol. The summed E-state index contributed by atoms with van der Waals surface area (Å²) < 4.78 is 5.80. The number of anilines is 1. The molecule has 0 bridgehead atoms. The second-order valence-corrected chi connectivity index (χ2v) is 5.49. The number of para-hydroxylation sites is 3. The number of aryl methyl sites for hydroxylation is 1. The summed E-state index contributed by atoms with van der Waals surface area (Å²) in [5.74, 6) is 0.0259. The van der Waals surface area contributed by atoms with Crippen LogP contribution in [-0.4, -0.2) is 16.0 Å². The summed E-state index contributed by atoms with van der Waals surface area (Å²) in [6.45, 7) is 1.68. The number of nitrogens with zero attached hydrogens (tertiary/aromatic N) is 2. The van der Waals surface area contributed by atoms with Crippen molar-refractivity contribution >= 4 is 11.6 Å². The molecule has 6 nitrogen and oxygen atoms in total. The highest BCUT2D eigenvalue weighted by atomic mass is 16.5. The highest BCUT2D eigenvalue weighted by Gasteiger charge is 2.17. The molecule has 1 heterocycles. The Morgan fingerprint density at radius 3 is 2.58 bits per heavy atom. The summed E-state index contributed by atoms with van der Waals surface area (Å²) in [4.78, 5) is 16.4. The zero-order valence-electron chi connectivity index (χ0n) is 13.9. The first kappa shape index (κ1) is 17.0. The van der Waals surface area contributed by atoms with Gasteiger partial charge in [0.05, 0.1) is 11.3 Å². The second-order valence-electron chi connectivity index (χ2n) is 5.49. The molecule has 0 fully saturated rings. The van der Waals surface area contributed by atoms with E-state index in [1.165, 1.54) is 6.20 Å². The van der Waals surface area contributed by atoms with Crippen LogP contribution in [0.15, 0.2) is 60.8 Å². The van der Waals surface area contributed by atoms with Gasteiger partial charge in [0.15, 0.2) is 11.4 Å². The largest absolute Gasteiger partial charge is 0.505 e. The van der Waals surface area contributed by atoms with E-state index >= 15 is 0 Å². The number of nitrogens with one attached hydrogen (secondary N) is 1. The number of ether oxygens (including phenoxy) is 1. The zero-order valence-corrected chi connectivity index (χ0v) is 13.9. The van der Waals surface area contributed by atoms with E-state index in [1.54, 1.807) is 61.5 Å². The number of hydrogen-bond donors (Lipinski definition) is 2. The van der Waals surface area contributed by atoms with E-state index in [9.17, 15) is 15.2 Å². The van der Waals surface area contributed by atoms with Crippen molar-refractivity contribution in [3.63, 3.8) is 0 Å². The Morgan fingerprint density at radius 2 is 1.81 bits per heavy atom. The molecule has 6 heteroatoms. The van der Waals surface area contributed by atoms with Gasteiger partial charge in [-0.2, -0.15) is 5.26 Å². The number of benzene rings is 2. The van der Waals surface area contributed by atoms with E-state index in [2.05, 4.69) is 16.4 Å². The number of amides is 1. The van der Waals surface area contributed by atoms with Crippen molar-refractivity contribution in [3.8, 4) is 23.3 Å². The van der Waals surface area contributed by atoms with Crippen molar-refractivity contribution < 1.29 is 14.6 Å². The fraction of sp³-hybridized carbons (Fsp3) is 0.0500. The third kappa shape index (κ3) is 3.47. The molecule has 0 atom stereocenters. The van der Waals surface area contributed by atoms with Crippen LogP contribution < -0.4 is 10.1 Å². The van der Waals surface area contributed by atoms with Crippen LogP contribution in [0.3, 0.4) is 0 Å². The number of aromatic hydroxyl groups is 1. The molecule has 26 heavy (non-hydrogen) atoms. The van der Waals surface area contributed by atoms with Gasteiger partial charge in [0.2, 0.25) is 0 Å². The molecule has 0 saturated heterocycles. The van der Waals surface area contributed by atoms with Crippen LogP contribution in [-0.2, 0) is 0 Å². The highest BCUT2D eigenvalue weighted by Crippen LogP contribution is 2.31. The fourth-order valence-electron chi connectivity index (χ4n) is 2.32. The third-order valence-electron chi connectivity index (χ3n) is 3.70. The highest BCUT2D eigenvalue weighted by molar-refractivity contribution is 6.05. The maximum Gasteiger partial charge on any atom is 0.278 e. The van der Waals surface area contributed by atoms with E-state index in [-0.39, 0.29) is 11.4 Å². The summed E-state index contributed by atoms with van der Waals surface area (Å²) >= 11 is 0. The fourth-order valence-corrected chi connectivity index (χ4v) is 2.32. The van der Waals surface area contributed by atoms with Crippen molar-refractivity contribution in [2.45, 2.75) is 6.92 Å². The van der Waals surface area contributed by atoms with Gasteiger partial charge in [-0.3, -0.25) is 4.79 Å². The van der Waals surface area contributed by atoms with Gasteiger partial charge in [0.25, 0.3) is 5.91 Å². The first-order valence-electron chi connectivity index (χ1n) is 7.82. The van der Waals surface area contributed by atoms with E-state index in [0.29, 0.717) is 28.3 Å². The van der Waals surface area contributed by atoms with Gasteiger partial charge >= 0.3 is 0 Å². The second kappa shape index (κ2) is 7.36. The smallest absolute Gasteiger partial charge is 0.278 e. The lowest BCUT2D eigenvalue weighted by Crippen LogP contribution is -2.14. The molecule has 0 aliphatic rings. The average molecular weight is 345 g/mol. The lowest BCUT2D eigenvalue weighted by molar-refractivity contribution is 0.101. The van der Waals surface area contributed by atoms with E-state index in [0.717, 1.165) is 0 Å². The van der Waals surface area contributed by atoms with Gasteiger partial charge in [-0.05, 0) is 42.8 Å². The van der Waals surface area contributed by atoms with Gasteiger partial charge < -0.3 is 15.2 Å². The van der Waals surface area contributed by atoms with Crippen molar-refractivity contribution in [2.24, 2.45) is 0 Å². The number of carbonyl (C=O) groups excluding carboxylic acids is 1. The monoisotopic (exact) mass is 345 g/mol. The minimum absolute atomic E-state index is 0.0720. The first-order chi connectivity index (χ1) is 12.6. The van der Waals surface area contributed by atoms with Crippen LogP contribution >= 0.6 is 0 Å². The Labute approximate surface area is 150 Å². The maximum atomic E-state index is 12.5. The molecule has 3 aromatic rings. The van der Waals surface area contributed by atoms with Crippen LogP contribution in [0.25, 0.3) is 0 Å². The van der Waals surface area contributed by atoms with Crippen LogP contribution in [0.4, 0.5) is 5.69 Å². The lowest BCUT2D eigenvalue weighted by Gasteiger charge is -2.13. The molecule has 1 amide bonds. The van der Waals surface area contributed by atoms with E-state index in [4.69, 9.17) is 4.74 Å². The Kier molecular flexibility index (Phi) is 4.81. The number of rotatable bonds is 4. The number of carbonyl (C=O) groups is 1. The first-order valence-corrected chi connectivity index (χ1v) is 7.82. The predicted octanol–water partition coefficient (Wildman–Crippen LogP) is 4.01. The standard InChI is InChI=1S/C20H15N3O3/c1-13-10-11-22-18(19(13)24)20(25)23-15-7-3-5-9-17(15)26-16-8-4-2-6-14(16)12-21/h2-11,24H,1H3,(H,23,25). The molecule has 0 spiro atoms. The van der Waals surface area contributed by atoms with Gasteiger partial charge in [0.1, 0.15) is 17.6 Å². The van der Waals surface area contributed by atoms with E-state index < -0.39 is 5.91 Å². The summed E-state index contributed by atoms with van der Waals surface area (Å²) in [6, 6.07) is 17.3. The van der Waals surface area contributed by atoms with E-state index in [1.807, 2.05) is 0 Å². The molecule has 0 aliphatic heterocycles. The summed E-state index contributed by atoms with van der Waals surface area (Å²) in [5, 5.41) is 21.9. The molecule has 1 aromatic heterocycles. The molecule has 0 unspecified atom stereocenters. The minimum Gasteiger partial charge on any atom is -0.505 e. The van der Waals surface area contributed by atoms with Crippen molar-refractivity contribution in [1.82, 2.24) is 4.98 Å². The molecule has 2 N–H and O–H groups in total. The van der Waals surface area contributed by atoms with Gasteiger partial charge in [-0.1, -0.05) is 24.3 Å². The Hall–Kier alpha value is -3.85. The molecule has 0 saturated carbocycles. The molecular formula is C20H15N3O3. The Morgan fingerprint density at radius 1 is 1.12 bits per heavy atom. The number of aromatic nitrogens is 1. The number of nitriles is 1. The lowest BCUT2D eigenvalue weighted by atomic mass is 10.2. The van der Waals surface area contributed by atoms with Crippen LogP contribution in [0.2, 0.25) is 0 Å². The van der Waals surface area contributed by atoms with Gasteiger partial charge in [-0.15, -0.1) is 0 Å². The van der Waals surface area contributed by atoms with Gasteiger partial charge in [0, 0.05) is 6.20 Å². The quantitative estimate of drug-likeness (QED) is 0.745. The van der Waals surface area contributed by atoms with Crippen molar-refractivity contribution in [2.75, 3.05) is 5.32 Å². The van der Waals surface area contributed by atoms with Crippen LogP contribution in [0, 0.1) is 18.3 Å². The maximum absolute atomic E-state index is 12.5. The molecular weight excluding hydrogens is 330 g/mol. The van der Waals surface area contributed by atoms with Crippen LogP contribution in [0.1, 0.15) is 21.6 Å². The van der Waals surface area contributed by atoms with Crippen molar-refractivity contribution in [1.29, 1.82) is 5.26 Å². The Bertz CT molecular complexity index is 1010. The molecule has 3 rings (SSSR count). The Balaban J connectivity index is 1.89. The molecule has 0 aliphatic carbocycles. The van der Waals surface area contributed by atoms with Gasteiger partial charge in [-0.25, -0.2) is 4.98 Å². The SMILES string of the molecule is Cc1ccnc(C(=O)Nc2ccccc2Oc2ccccc2C#N)c1O. The number of pyridine rings is 1. The van der Waals surface area contributed by atoms with Crippen molar-refractivity contribution in [3.05, 3.63) is 77.6 Å². The number of hydrogen-bond acceptors (Lipinski definition) is 5. The summed E-state index contributed by atoms with van der Waals surface area (Å²) in [7, 11) is 0. The molecule has 128 valence electrons. The summed E-state index contributed by atoms with van der Waals surface area (Å²) in [6.07, 6.45) is 1.45. The normalized spacial score (nSPS) is 10.0. The zero-order chi connectivity index (χ0) is 18.5. The summed E-state index contributed by atoms with van der Waals surface area (Å²) in [5.41, 5.74) is 1.26. The third-order valence-corrected chi connectivity index (χ3v) is 3.70. The molecule has 2 aromatic carbocycles. The van der Waals surface area contributed by atoms with Crippen LogP contribution in [0.5, 0.6) is 17.2 Å². The molecule has 0 radical (unpaired) electrons. The average Bonchev–Trinajstić information content (AvgIpc) is 2.66.